The highest BCUT2D eigenvalue weighted by molar-refractivity contribution is 9.10. The van der Waals surface area contributed by atoms with Gasteiger partial charge in [0.05, 0.1) is 5.02 Å². The minimum atomic E-state index is 0.425. The lowest BCUT2D eigenvalue weighted by molar-refractivity contribution is 0.217. The smallest absolute Gasteiger partial charge is 0.138 e. The summed E-state index contributed by atoms with van der Waals surface area (Å²) in [4.78, 5) is 0. The zero-order chi connectivity index (χ0) is 14.4. The number of hydrogen-bond donors (Lipinski definition) is 1. The molecular formula is C15H15BrClNO2. The van der Waals surface area contributed by atoms with Crippen LogP contribution < -0.4 is 15.2 Å². The minimum Gasteiger partial charge on any atom is -0.490 e. The molecule has 0 amide bonds. The van der Waals surface area contributed by atoms with Crippen LogP contribution in [0.3, 0.4) is 0 Å². The van der Waals surface area contributed by atoms with E-state index in [2.05, 4.69) is 15.9 Å². The Morgan fingerprint density at radius 2 is 1.85 bits per heavy atom. The summed E-state index contributed by atoms with van der Waals surface area (Å²) in [6, 6.07) is 13.2. The molecule has 0 atom stereocenters. The van der Waals surface area contributed by atoms with Gasteiger partial charge in [-0.1, -0.05) is 39.7 Å². The second-order valence-electron chi connectivity index (χ2n) is 4.12. The molecule has 0 unspecified atom stereocenters. The van der Waals surface area contributed by atoms with E-state index >= 15 is 0 Å². The van der Waals surface area contributed by atoms with Gasteiger partial charge in [0, 0.05) is 11.0 Å². The van der Waals surface area contributed by atoms with E-state index in [-0.39, 0.29) is 0 Å². The monoisotopic (exact) mass is 355 g/mol. The highest BCUT2D eigenvalue weighted by Crippen LogP contribution is 2.25. The van der Waals surface area contributed by atoms with E-state index in [0.717, 1.165) is 15.8 Å². The van der Waals surface area contributed by atoms with Crippen molar-refractivity contribution in [2.24, 2.45) is 5.73 Å². The van der Waals surface area contributed by atoms with Crippen LogP contribution in [0, 0.1) is 0 Å². The van der Waals surface area contributed by atoms with Crippen LogP contribution in [0.15, 0.2) is 46.9 Å². The SMILES string of the molecule is NCc1ccc(OCCOc2cccc(Br)c2)c(Cl)c1. The Kier molecular flexibility index (Phi) is 5.71. The van der Waals surface area contributed by atoms with Crippen LogP contribution in [-0.4, -0.2) is 13.2 Å². The van der Waals surface area contributed by atoms with Gasteiger partial charge in [0.1, 0.15) is 24.7 Å². The van der Waals surface area contributed by atoms with Gasteiger partial charge in [-0.2, -0.15) is 0 Å². The van der Waals surface area contributed by atoms with Gasteiger partial charge in [0.25, 0.3) is 0 Å². The summed E-state index contributed by atoms with van der Waals surface area (Å²) < 4.78 is 12.1. The first kappa shape index (κ1) is 15.2. The predicted octanol–water partition coefficient (Wildman–Crippen LogP) is 4.02. The van der Waals surface area contributed by atoms with Crippen LogP contribution in [0.5, 0.6) is 11.5 Å². The molecule has 0 aliphatic carbocycles. The van der Waals surface area contributed by atoms with Crippen molar-refractivity contribution in [3.8, 4) is 11.5 Å². The van der Waals surface area contributed by atoms with E-state index in [1.54, 1.807) is 0 Å². The normalized spacial score (nSPS) is 10.3. The molecule has 20 heavy (non-hydrogen) atoms. The van der Waals surface area contributed by atoms with Crippen LogP contribution >= 0.6 is 27.5 Å². The Balaban J connectivity index is 1.81. The average Bonchev–Trinajstić information content (AvgIpc) is 2.45. The molecule has 0 saturated carbocycles. The zero-order valence-electron chi connectivity index (χ0n) is 10.8. The van der Waals surface area contributed by atoms with Crippen molar-refractivity contribution >= 4 is 27.5 Å². The summed E-state index contributed by atoms with van der Waals surface area (Å²) in [5.74, 6) is 1.44. The van der Waals surface area contributed by atoms with Crippen molar-refractivity contribution in [1.29, 1.82) is 0 Å². The maximum absolute atomic E-state index is 6.10. The van der Waals surface area contributed by atoms with Crippen LogP contribution in [0.25, 0.3) is 0 Å². The number of halogens is 2. The number of rotatable bonds is 6. The molecule has 0 fully saturated rings. The van der Waals surface area contributed by atoms with Crippen LogP contribution in [0.4, 0.5) is 0 Å². The third-order valence-electron chi connectivity index (χ3n) is 2.64. The molecule has 2 aromatic rings. The van der Waals surface area contributed by atoms with Crippen LogP contribution in [-0.2, 0) is 6.54 Å². The molecule has 0 spiro atoms. The van der Waals surface area contributed by atoms with Gasteiger partial charge in [0.15, 0.2) is 0 Å². The van der Waals surface area contributed by atoms with E-state index in [0.29, 0.717) is 30.5 Å². The van der Waals surface area contributed by atoms with Crippen LogP contribution in [0.1, 0.15) is 5.56 Å². The molecule has 2 N–H and O–H groups in total. The molecule has 106 valence electrons. The third kappa shape index (κ3) is 4.40. The molecule has 2 aromatic carbocycles. The van der Waals surface area contributed by atoms with Gasteiger partial charge in [-0.05, 0) is 35.9 Å². The summed E-state index contributed by atoms with van der Waals surface area (Å²) in [6.45, 7) is 1.34. The maximum Gasteiger partial charge on any atom is 0.138 e. The van der Waals surface area contributed by atoms with Crippen molar-refractivity contribution < 1.29 is 9.47 Å². The molecule has 0 heterocycles. The average molecular weight is 357 g/mol. The fourth-order valence-corrected chi connectivity index (χ4v) is 2.29. The maximum atomic E-state index is 6.10. The van der Waals surface area contributed by atoms with Crippen molar-refractivity contribution in [1.82, 2.24) is 0 Å². The molecule has 0 aliphatic rings. The molecule has 2 rings (SSSR count). The lowest BCUT2D eigenvalue weighted by atomic mass is 10.2. The Labute approximate surface area is 131 Å². The molecule has 5 heteroatoms. The molecule has 0 bridgehead atoms. The van der Waals surface area contributed by atoms with E-state index in [1.165, 1.54) is 0 Å². The third-order valence-corrected chi connectivity index (χ3v) is 3.43. The molecule has 0 aliphatic heterocycles. The molecular weight excluding hydrogens is 342 g/mol. The second kappa shape index (κ2) is 7.53. The summed E-state index contributed by atoms with van der Waals surface area (Å²) >= 11 is 9.49. The van der Waals surface area contributed by atoms with Gasteiger partial charge < -0.3 is 15.2 Å². The van der Waals surface area contributed by atoms with Gasteiger partial charge in [-0.15, -0.1) is 0 Å². The lowest BCUT2D eigenvalue weighted by Gasteiger charge is -2.10. The standard InChI is InChI=1S/C15H15BrClNO2/c16-12-2-1-3-13(9-12)19-6-7-20-15-5-4-11(10-18)8-14(15)17/h1-5,8-9H,6-7,10,18H2. The predicted molar refractivity (Wildman–Crippen MR) is 84.5 cm³/mol. The van der Waals surface area contributed by atoms with E-state index in [9.17, 15) is 0 Å². The first-order valence-electron chi connectivity index (χ1n) is 6.18. The quantitative estimate of drug-likeness (QED) is 0.795. The first-order chi connectivity index (χ1) is 9.69. The molecule has 0 aromatic heterocycles. The van der Waals surface area contributed by atoms with Crippen molar-refractivity contribution in [3.05, 3.63) is 57.5 Å². The highest BCUT2D eigenvalue weighted by atomic mass is 79.9. The van der Waals surface area contributed by atoms with Gasteiger partial charge >= 0.3 is 0 Å². The topological polar surface area (TPSA) is 44.5 Å². The number of hydrogen-bond acceptors (Lipinski definition) is 3. The number of ether oxygens (including phenoxy) is 2. The van der Waals surface area contributed by atoms with Gasteiger partial charge in [0.2, 0.25) is 0 Å². The second-order valence-corrected chi connectivity index (χ2v) is 5.45. The Morgan fingerprint density at radius 1 is 1.05 bits per heavy atom. The van der Waals surface area contributed by atoms with Crippen molar-refractivity contribution in [2.45, 2.75) is 6.54 Å². The fraction of sp³-hybridized carbons (Fsp3) is 0.200. The van der Waals surface area contributed by atoms with Crippen molar-refractivity contribution in [3.63, 3.8) is 0 Å². The summed E-state index contributed by atoms with van der Waals surface area (Å²) in [7, 11) is 0. The Morgan fingerprint density at radius 3 is 2.55 bits per heavy atom. The lowest BCUT2D eigenvalue weighted by Crippen LogP contribution is -2.09. The highest BCUT2D eigenvalue weighted by Gasteiger charge is 2.03. The Hall–Kier alpha value is -1.23. The van der Waals surface area contributed by atoms with Crippen molar-refractivity contribution in [2.75, 3.05) is 13.2 Å². The zero-order valence-corrected chi connectivity index (χ0v) is 13.2. The van der Waals surface area contributed by atoms with Crippen LogP contribution in [0.2, 0.25) is 5.02 Å². The Bertz CT molecular complexity index is 578. The van der Waals surface area contributed by atoms with E-state index in [4.69, 9.17) is 26.8 Å². The summed E-state index contributed by atoms with van der Waals surface area (Å²) in [5.41, 5.74) is 6.52. The summed E-state index contributed by atoms with van der Waals surface area (Å²) in [5, 5.41) is 0.565. The fourth-order valence-electron chi connectivity index (χ4n) is 1.66. The van der Waals surface area contributed by atoms with Gasteiger partial charge in [-0.25, -0.2) is 0 Å². The first-order valence-corrected chi connectivity index (χ1v) is 7.36. The van der Waals surface area contributed by atoms with E-state index in [1.807, 2.05) is 42.5 Å². The minimum absolute atomic E-state index is 0.425. The molecule has 0 radical (unpaired) electrons. The van der Waals surface area contributed by atoms with Gasteiger partial charge in [-0.3, -0.25) is 0 Å². The summed E-state index contributed by atoms with van der Waals surface area (Å²) in [6.07, 6.45) is 0. The van der Waals surface area contributed by atoms with E-state index < -0.39 is 0 Å². The largest absolute Gasteiger partial charge is 0.490 e. The molecule has 3 nitrogen and oxygen atoms in total. The number of nitrogens with two attached hydrogens (primary N) is 1. The molecule has 0 saturated heterocycles. The number of benzene rings is 2.